The van der Waals surface area contributed by atoms with Gasteiger partial charge in [0.1, 0.15) is 0 Å². The molecule has 6 heteroatoms. The summed E-state index contributed by atoms with van der Waals surface area (Å²) < 4.78 is 5.34. The third-order valence-electron chi connectivity index (χ3n) is 8.02. The molecule has 3 rings (SSSR count). The number of hydrogen-bond donors (Lipinski definition) is 0. The highest BCUT2D eigenvalue weighted by atomic mass is 16.6. The Morgan fingerprint density at radius 2 is 1.61 bits per heavy atom. The summed E-state index contributed by atoms with van der Waals surface area (Å²) >= 11 is 0. The number of carbonyl (C=O) groups excluding carboxylic acids is 2. The van der Waals surface area contributed by atoms with Crippen molar-refractivity contribution in [3.63, 3.8) is 0 Å². The van der Waals surface area contributed by atoms with Crippen LogP contribution in [0.3, 0.4) is 0 Å². The minimum atomic E-state index is -0.143. The predicted octanol–water partition coefficient (Wildman–Crippen LogP) is 4.81. The molecule has 1 aliphatic carbocycles. The van der Waals surface area contributed by atoms with Crippen molar-refractivity contribution < 1.29 is 14.3 Å². The molecular formula is C25H45N3O3. The SMILES string of the molecule is CCOC(=O)N1C(C)CCC1CC(CC)N1CCC(N(C(C)=O)C2CCCCC2)CC1. The van der Waals surface area contributed by atoms with Gasteiger partial charge in [-0.05, 0) is 65.2 Å². The highest BCUT2D eigenvalue weighted by Gasteiger charge is 2.38. The Labute approximate surface area is 189 Å². The molecule has 2 amide bonds. The van der Waals surface area contributed by atoms with Gasteiger partial charge in [-0.2, -0.15) is 0 Å². The molecule has 0 aromatic carbocycles. The molecular weight excluding hydrogens is 390 g/mol. The zero-order valence-corrected chi connectivity index (χ0v) is 20.4. The lowest BCUT2D eigenvalue weighted by atomic mass is 9.90. The largest absolute Gasteiger partial charge is 0.450 e. The number of likely N-dealkylation sites (tertiary alicyclic amines) is 2. The van der Waals surface area contributed by atoms with Gasteiger partial charge in [-0.25, -0.2) is 4.79 Å². The van der Waals surface area contributed by atoms with Crippen LogP contribution in [0.15, 0.2) is 0 Å². The van der Waals surface area contributed by atoms with Gasteiger partial charge < -0.3 is 19.4 Å². The Bertz CT molecular complexity index is 585. The van der Waals surface area contributed by atoms with Crippen LogP contribution in [0.5, 0.6) is 0 Å². The monoisotopic (exact) mass is 435 g/mol. The van der Waals surface area contributed by atoms with Crippen LogP contribution >= 0.6 is 0 Å². The van der Waals surface area contributed by atoms with Crippen molar-refractivity contribution in [1.29, 1.82) is 0 Å². The number of carbonyl (C=O) groups is 2. The van der Waals surface area contributed by atoms with Crippen molar-refractivity contribution in [3.8, 4) is 0 Å². The van der Waals surface area contributed by atoms with E-state index in [4.69, 9.17) is 4.74 Å². The summed E-state index contributed by atoms with van der Waals surface area (Å²) in [7, 11) is 0. The zero-order valence-electron chi connectivity index (χ0n) is 20.4. The molecule has 3 unspecified atom stereocenters. The molecule has 1 saturated carbocycles. The molecule has 2 heterocycles. The van der Waals surface area contributed by atoms with E-state index in [1.807, 2.05) is 11.8 Å². The molecule has 2 saturated heterocycles. The average molecular weight is 436 g/mol. The second kappa shape index (κ2) is 11.5. The fourth-order valence-electron chi connectivity index (χ4n) is 6.42. The van der Waals surface area contributed by atoms with Crippen molar-refractivity contribution in [2.75, 3.05) is 19.7 Å². The normalized spacial score (nSPS) is 27.3. The summed E-state index contributed by atoms with van der Waals surface area (Å²) in [5, 5.41) is 0. The van der Waals surface area contributed by atoms with E-state index in [0.29, 0.717) is 24.7 Å². The van der Waals surface area contributed by atoms with Gasteiger partial charge in [0, 0.05) is 50.2 Å². The van der Waals surface area contributed by atoms with Crippen molar-refractivity contribution in [2.24, 2.45) is 0 Å². The van der Waals surface area contributed by atoms with Gasteiger partial charge in [0.2, 0.25) is 5.91 Å². The first kappa shape index (κ1) is 24.3. The number of amides is 2. The molecule has 0 aromatic heterocycles. The van der Waals surface area contributed by atoms with Gasteiger partial charge in [0.05, 0.1) is 6.61 Å². The van der Waals surface area contributed by atoms with E-state index in [1.165, 1.54) is 32.1 Å². The van der Waals surface area contributed by atoms with Crippen molar-refractivity contribution in [3.05, 3.63) is 0 Å². The first-order valence-corrected chi connectivity index (χ1v) is 12.9. The molecule has 0 N–H and O–H groups in total. The molecule has 2 aliphatic heterocycles. The maximum atomic E-state index is 12.5. The summed E-state index contributed by atoms with van der Waals surface area (Å²) in [6, 6.07) is 1.91. The van der Waals surface area contributed by atoms with Crippen LogP contribution in [0.1, 0.15) is 98.3 Å². The second-order valence-electron chi connectivity index (χ2n) is 9.97. The molecule has 0 radical (unpaired) electrons. The van der Waals surface area contributed by atoms with Crippen molar-refractivity contribution >= 4 is 12.0 Å². The fraction of sp³-hybridized carbons (Fsp3) is 0.920. The third-order valence-corrected chi connectivity index (χ3v) is 8.02. The zero-order chi connectivity index (χ0) is 22.4. The molecule has 3 atom stereocenters. The lowest BCUT2D eigenvalue weighted by molar-refractivity contribution is -0.136. The summed E-state index contributed by atoms with van der Waals surface area (Å²) in [5.74, 6) is 0.266. The molecule has 31 heavy (non-hydrogen) atoms. The van der Waals surface area contributed by atoms with Crippen molar-refractivity contribution in [1.82, 2.24) is 14.7 Å². The van der Waals surface area contributed by atoms with E-state index < -0.39 is 0 Å². The first-order valence-electron chi connectivity index (χ1n) is 12.9. The minimum Gasteiger partial charge on any atom is -0.450 e. The van der Waals surface area contributed by atoms with Crippen LogP contribution in [0.4, 0.5) is 4.79 Å². The fourth-order valence-corrected chi connectivity index (χ4v) is 6.42. The number of rotatable bonds is 7. The van der Waals surface area contributed by atoms with Crippen LogP contribution in [-0.4, -0.2) is 76.6 Å². The number of hydrogen-bond acceptors (Lipinski definition) is 4. The van der Waals surface area contributed by atoms with E-state index >= 15 is 0 Å². The molecule has 6 nitrogen and oxygen atoms in total. The van der Waals surface area contributed by atoms with E-state index in [2.05, 4.69) is 23.6 Å². The Hall–Kier alpha value is -1.30. The highest BCUT2D eigenvalue weighted by Crippen LogP contribution is 2.32. The van der Waals surface area contributed by atoms with Gasteiger partial charge in [0.15, 0.2) is 0 Å². The summed E-state index contributed by atoms with van der Waals surface area (Å²) in [6.45, 7) is 10.6. The van der Waals surface area contributed by atoms with Crippen LogP contribution in [0.25, 0.3) is 0 Å². The minimum absolute atomic E-state index is 0.143. The number of nitrogens with zero attached hydrogens (tertiary/aromatic N) is 3. The van der Waals surface area contributed by atoms with Crippen LogP contribution < -0.4 is 0 Å². The molecule has 3 fully saturated rings. The van der Waals surface area contributed by atoms with Crippen molar-refractivity contribution in [2.45, 2.75) is 129 Å². The van der Waals surface area contributed by atoms with Gasteiger partial charge in [-0.3, -0.25) is 4.79 Å². The Balaban J connectivity index is 1.57. The third kappa shape index (κ3) is 5.94. The van der Waals surface area contributed by atoms with E-state index in [1.54, 1.807) is 6.92 Å². The average Bonchev–Trinajstić information content (AvgIpc) is 3.13. The van der Waals surface area contributed by atoms with Crippen LogP contribution in [-0.2, 0) is 9.53 Å². The summed E-state index contributed by atoms with van der Waals surface area (Å²) in [5.41, 5.74) is 0. The topological polar surface area (TPSA) is 53.1 Å². The Kier molecular flexibility index (Phi) is 9.06. The van der Waals surface area contributed by atoms with Gasteiger partial charge in [-0.1, -0.05) is 26.2 Å². The quantitative estimate of drug-likeness (QED) is 0.576. The molecule has 0 bridgehead atoms. The Morgan fingerprint density at radius 1 is 0.968 bits per heavy atom. The van der Waals surface area contributed by atoms with Gasteiger partial charge in [-0.15, -0.1) is 0 Å². The summed E-state index contributed by atoms with van der Waals surface area (Å²) in [4.78, 5) is 31.9. The molecule has 0 aromatic rings. The van der Waals surface area contributed by atoms with Gasteiger partial charge >= 0.3 is 6.09 Å². The van der Waals surface area contributed by atoms with E-state index in [0.717, 1.165) is 51.6 Å². The molecule has 178 valence electrons. The maximum Gasteiger partial charge on any atom is 0.410 e. The van der Waals surface area contributed by atoms with E-state index in [-0.39, 0.29) is 24.1 Å². The Morgan fingerprint density at radius 3 is 2.19 bits per heavy atom. The predicted molar refractivity (Wildman–Crippen MR) is 124 cm³/mol. The number of ether oxygens (including phenoxy) is 1. The summed E-state index contributed by atoms with van der Waals surface area (Å²) in [6.07, 6.45) is 12.5. The number of piperidine rings is 1. The lowest BCUT2D eigenvalue weighted by Gasteiger charge is -2.45. The van der Waals surface area contributed by atoms with Crippen LogP contribution in [0.2, 0.25) is 0 Å². The maximum absolute atomic E-state index is 12.5. The van der Waals surface area contributed by atoms with E-state index in [9.17, 15) is 9.59 Å². The second-order valence-corrected chi connectivity index (χ2v) is 9.97. The smallest absolute Gasteiger partial charge is 0.410 e. The van der Waals surface area contributed by atoms with Gasteiger partial charge in [0.25, 0.3) is 0 Å². The first-order chi connectivity index (χ1) is 15.0. The molecule has 3 aliphatic rings. The molecule has 0 spiro atoms. The highest BCUT2D eigenvalue weighted by molar-refractivity contribution is 5.74. The van der Waals surface area contributed by atoms with Crippen LogP contribution in [0, 0.1) is 0 Å². The lowest BCUT2D eigenvalue weighted by Crippen LogP contribution is -2.53. The standard InChI is InChI=1S/C25H45N3O3/c1-5-21(18-24-13-12-19(3)27(24)25(30)31-6-2)26-16-14-23(15-17-26)28(20(4)29)22-10-8-7-9-11-22/h19,21-24H,5-18H2,1-4H3.